The molecule has 1 atom stereocenters. The summed E-state index contributed by atoms with van der Waals surface area (Å²) in [4.78, 5) is 44.7. The van der Waals surface area contributed by atoms with Gasteiger partial charge in [-0.05, 0) is 78.1 Å². The van der Waals surface area contributed by atoms with Crippen molar-refractivity contribution in [1.29, 1.82) is 0 Å². The van der Waals surface area contributed by atoms with Crippen LogP contribution in [0.2, 0.25) is 0 Å². The van der Waals surface area contributed by atoms with E-state index >= 15 is 0 Å². The quantitative estimate of drug-likeness (QED) is 0.546. The van der Waals surface area contributed by atoms with Gasteiger partial charge in [0.1, 0.15) is 23.1 Å². The number of cyclic esters (lactones) is 1. The summed E-state index contributed by atoms with van der Waals surface area (Å²) in [6.45, 7) is 14.0. The van der Waals surface area contributed by atoms with Gasteiger partial charge in [0.05, 0.1) is 5.41 Å². The van der Waals surface area contributed by atoms with Gasteiger partial charge in [-0.1, -0.05) is 0 Å². The number of rotatable bonds is 6. The third-order valence-corrected chi connectivity index (χ3v) is 8.01. The Kier molecular flexibility index (Phi) is 8.44. The van der Waals surface area contributed by atoms with Crippen molar-refractivity contribution in [3.63, 3.8) is 0 Å². The molecule has 1 aromatic carbocycles. The highest BCUT2D eigenvalue weighted by Gasteiger charge is 2.51. The van der Waals surface area contributed by atoms with Crippen LogP contribution in [-0.2, 0) is 19.1 Å². The number of piperazine rings is 1. The maximum atomic E-state index is 13.2. The maximum Gasteiger partial charge on any atom is 0.408 e. The lowest BCUT2D eigenvalue weighted by atomic mass is 9.75. The van der Waals surface area contributed by atoms with E-state index in [0.29, 0.717) is 32.4 Å². The number of hydrogen-bond acceptors (Lipinski definition) is 7. The molecular formula is C29H43FN4O5. The first-order chi connectivity index (χ1) is 18.3. The molecule has 0 bridgehead atoms. The molecule has 1 spiro atoms. The highest BCUT2D eigenvalue weighted by molar-refractivity contribution is 5.89. The van der Waals surface area contributed by atoms with E-state index in [-0.39, 0.29) is 23.8 Å². The number of benzene rings is 1. The predicted molar refractivity (Wildman–Crippen MR) is 146 cm³/mol. The molecule has 3 fully saturated rings. The number of alkyl carbamates (subject to hydrolysis) is 1. The molecule has 4 rings (SSSR count). The Hall–Kier alpha value is -2.88. The molecule has 1 aromatic rings. The fourth-order valence-corrected chi connectivity index (χ4v) is 5.76. The van der Waals surface area contributed by atoms with Crippen molar-refractivity contribution < 1.29 is 28.2 Å². The lowest BCUT2D eigenvalue weighted by Gasteiger charge is -2.40. The zero-order chi connectivity index (χ0) is 28.4. The maximum absolute atomic E-state index is 13.2. The Morgan fingerprint density at radius 2 is 1.64 bits per heavy atom. The number of hydrogen-bond donors (Lipinski definition) is 1. The van der Waals surface area contributed by atoms with E-state index in [1.807, 2.05) is 12.1 Å². The van der Waals surface area contributed by atoms with Crippen molar-refractivity contribution in [2.45, 2.75) is 77.5 Å². The van der Waals surface area contributed by atoms with E-state index in [9.17, 15) is 18.8 Å². The summed E-state index contributed by atoms with van der Waals surface area (Å²) in [7, 11) is 0. The number of halogens is 1. The molecule has 3 aliphatic rings. The zero-order valence-electron chi connectivity index (χ0n) is 23.9. The number of nitrogens with one attached hydrogen (secondary N) is 1. The number of carbonyl (C=O) groups is 3. The standard InChI is InChI=1S/C29H43FN4O5/c1-27(2,3)39-26(37)31-28(4,5)24(35)34-14-11-29(12-15-34)20-23(38-25(29)36)10-13-32-16-18-33(19-17-32)22-8-6-21(30)7-9-22/h6-9,23H,10-20H2,1-5H3,(H,31,37)/t23-/m0/s1. The van der Waals surface area contributed by atoms with Crippen molar-refractivity contribution in [2.75, 3.05) is 50.7 Å². The number of piperidine rings is 1. The second-order valence-electron chi connectivity index (χ2n) is 12.6. The second-order valence-corrected chi connectivity index (χ2v) is 12.6. The normalized spacial score (nSPS) is 22.1. The highest BCUT2D eigenvalue weighted by atomic mass is 19.1. The number of anilines is 1. The first-order valence-corrected chi connectivity index (χ1v) is 14.0. The van der Waals surface area contributed by atoms with Crippen molar-refractivity contribution in [3.8, 4) is 0 Å². The average molecular weight is 547 g/mol. The molecule has 0 aromatic heterocycles. The monoisotopic (exact) mass is 546 g/mol. The van der Waals surface area contributed by atoms with Crippen LogP contribution in [0.1, 0.15) is 60.3 Å². The van der Waals surface area contributed by atoms with Crippen LogP contribution in [0.4, 0.5) is 14.9 Å². The number of nitrogens with zero attached hydrogens (tertiary/aromatic N) is 3. The van der Waals surface area contributed by atoms with Gasteiger partial charge in [0.25, 0.3) is 0 Å². The van der Waals surface area contributed by atoms with Gasteiger partial charge in [-0.25, -0.2) is 9.18 Å². The van der Waals surface area contributed by atoms with Gasteiger partial charge >= 0.3 is 12.1 Å². The predicted octanol–water partition coefficient (Wildman–Crippen LogP) is 3.57. The summed E-state index contributed by atoms with van der Waals surface area (Å²) in [5, 5.41) is 2.68. The van der Waals surface area contributed by atoms with E-state index < -0.39 is 22.6 Å². The summed E-state index contributed by atoms with van der Waals surface area (Å²) < 4.78 is 24.3. The number of likely N-dealkylation sites (tertiary alicyclic amines) is 1. The first-order valence-electron chi connectivity index (χ1n) is 14.0. The van der Waals surface area contributed by atoms with Gasteiger partial charge in [0.15, 0.2) is 0 Å². The molecule has 0 radical (unpaired) electrons. The van der Waals surface area contributed by atoms with Gasteiger partial charge < -0.3 is 24.6 Å². The summed E-state index contributed by atoms with van der Waals surface area (Å²) in [5.74, 6) is -0.560. The van der Waals surface area contributed by atoms with Crippen molar-refractivity contribution in [2.24, 2.45) is 5.41 Å². The molecule has 9 nitrogen and oxygen atoms in total. The molecule has 3 aliphatic heterocycles. The Labute approximate surface area is 231 Å². The van der Waals surface area contributed by atoms with Gasteiger partial charge in [-0.3, -0.25) is 14.5 Å². The van der Waals surface area contributed by atoms with Crippen LogP contribution in [0, 0.1) is 11.2 Å². The second kappa shape index (κ2) is 11.3. The Morgan fingerprint density at radius 3 is 2.23 bits per heavy atom. The van der Waals surface area contributed by atoms with E-state index in [2.05, 4.69) is 15.1 Å². The minimum atomic E-state index is -1.12. The van der Waals surface area contributed by atoms with Gasteiger partial charge in [0, 0.05) is 57.9 Å². The van der Waals surface area contributed by atoms with Crippen LogP contribution >= 0.6 is 0 Å². The summed E-state index contributed by atoms with van der Waals surface area (Å²) in [5.41, 5.74) is -1.27. The fraction of sp³-hybridized carbons (Fsp3) is 0.690. The molecule has 0 unspecified atom stereocenters. The lowest BCUT2D eigenvalue weighted by Crippen LogP contribution is -2.58. The van der Waals surface area contributed by atoms with Gasteiger partial charge in [-0.2, -0.15) is 0 Å². The minimum absolute atomic E-state index is 0.111. The van der Waals surface area contributed by atoms with Gasteiger partial charge in [0.2, 0.25) is 5.91 Å². The zero-order valence-corrected chi connectivity index (χ0v) is 23.9. The van der Waals surface area contributed by atoms with Crippen molar-refractivity contribution >= 4 is 23.7 Å². The molecule has 0 aliphatic carbocycles. The van der Waals surface area contributed by atoms with Crippen LogP contribution in [0.5, 0.6) is 0 Å². The third kappa shape index (κ3) is 7.21. The topological polar surface area (TPSA) is 91.4 Å². The van der Waals surface area contributed by atoms with E-state index in [0.717, 1.165) is 44.8 Å². The molecule has 39 heavy (non-hydrogen) atoms. The fourth-order valence-electron chi connectivity index (χ4n) is 5.76. The van der Waals surface area contributed by atoms with E-state index in [4.69, 9.17) is 9.47 Å². The van der Waals surface area contributed by atoms with Crippen LogP contribution in [-0.4, -0.2) is 90.8 Å². The average Bonchev–Trinajstić information content (AvgIpc) is 3.16. The highest BCUT2D eigenvalue weighted by Crippen LogP contribution is 2.44. The molecule has 0 saturated carbocycles. The van der Waals surface area contributed by atoms with Crippen LogP contribution in [0.15, 0.2) is 24.3 Å². The van der Waals surface area contributed by atoms with Crippen LogP contribution in [0.3, 0.4) is 0 Å². The number of esters is 1. The van der Waals surface area contributed by atoms with E-state index in [1.165, 1.54) is 12.1 Å². The lowest BCUT2D eigenvalue weighted by molar-refractivity contribution is -0.153. The summed E-state index contributed by atoms with van der Waals surface area (Å²) in [6, 6.07) is 6.63. The molecule has 3 saturated heterocycles. The van der Waals surface area contributed by atoms with Gasteiger partial charge in [-0.15, -0.1) is 0 Å². The number of ether oxygens (including phenoxy) is 2. The van der Waals surface area contributed by atoms with Crippen LogP contribution < -0.4 is 10.2 Å². The van der Waals surface area contributed by atoms with E-state index in [1.54, 1.807) is 39.5 Å². The molecule has 2 amide bonds. The number of carbonyl (C=O) groups excluding carboxylic acids is 3. The SMILES string of the molecule is CC(C)(C)OC(=O)NC(C)(C)C(=O)N1CCC2(CC1)C[C@H](CCN1CCN(c3ccc(F)cc3)CC1)OC2=O. The van der Waals surface area contributed by atoms with Crippen LogP contribution in [0.25, 0.3) is 0 Å². The molecule has 216 valence electrons. The summed E-state index contributed by atoms with van der Waals surface area (Å²) >= 11 is 0. The summed E-state index contributed by atoms with van der Waals surface area (Å²) in [6.07, 6.45) is 1.86. The molecule has 1 N–H and O–H groups in total. The third-order valence-electron chi connectivity index (χ3n) is 8.01. The number of amides is 2. The largest absolute Gasteiger partial charge is 0.462 e. The minimum Gasteiger partial charge on any atom is -0.462 e. The molecule has 10 heteroatoms. The Morgan fingerprint density at radius 1 is 1.03 bits per heavy atom. The molecule has 3 heterocycles. The first kappa shape index (κ1) is 29.1. The Balaban J connectivity index is 1.21. The molecular weight excluding hydrogens is 503 g/mol. The Bertz CT molecular complexity index is 1040. The van der Waals surface area contributed by atoms with Crippen molar-refractivity contribution in [3.05, 3.63) is 30.1 Å². The van der Waals surface area contributed by atoms with Crippen molar-refractivity contribution in [1.82, 2.24) is 15.1 Å². The smallest absolute Gasteiger partial charge is 0.408 e.